The average Bonchev–Trinajstić information content (AvgIpc) is 2.63. The van der Waals surface area contributed by atoms with Crippen molar-refractivity contribution in [3.05, 3.63) is 74.1 Å². The quantitative estimate of drug-likeness (QED) is 0.704. The zero-order valence-electron chi connectivity index (χ0n) is 14.7. The molecule has 3 aromatic rings. The summed E-state index contributed by atoms with van der Waals surface area (Å²) < 4.78 is 10.5. The number of hydrogen-bond acceptors (Lipinski definition) is 4. The molecule has 3 rings (SSSR count). The minimum absolute atomic E-state index is 0.166. The van der Waals surface area contributed by atoms with Gasteiger partial charge in [-0.1, -0.05) is 23.7 Å². The van der Waals surface area contributed by atoms with Crippen LogP contribution in [0.3, 0.4) is 0 Å². The van der Waals surface area contributed by atoms with Crippen molar-refractivity contribution in [2.45, 2.75) is 20.4 Å². The van der Waals surface area contributed by atoms with Crippen molar-refractivity contribution in [3.8, 4) is 5.75 Å². The first kappa shape index (κ1) is 18.0. The summed E-state index contributed by atoms with van der Waals surface area (Å²) in [5.41, 5.74) is 2.70. The van der Waals surface area contributed by atoms with E-state index >= 15 is 0 Å². The van der Waals surface area contributed by atoms with Gasteiger partial charge in [0.05, 0.1) is 12.7 Å². The van der Waals surface area contributed by atoms with Gasteiger partial charge in [0.1, 0.15) is 11.3 Å². The Morgan fingerprint density at radius 3 is 2.69 bits per heavy atom. The Balaban J connectivity index is 1.98. The number of halogens is 1. The molecule has 1 heterocycles. The van der Waals surface area contributed by atoms with Gasteiger partial charge >= 0.3 is 5.63 Å². The molecule has 2 aromatic carbocycles. The Labute approximate surface area is 155 Å². The van der Waals surface area contributed by atoms with Crippen LogP contribution in [0.4, 0.5) is 0 Å². The average molecular weight is 372 g/mol. The lowest BCUT2D eigenvalue weighted by Crippen LogP contribution is -2.24. The number of ether oxygens (including phenoxy) is 1. The molecule has 1 aromatic heterocycles. The highest BCUT2D eigenvalue weighted by Gasteiger charge is 2.15. The Morgan fingerprint density at radius 2 is 1.96 bits per heavy atom. The number of benzene rings is 2. The third-order valence-electron chi connectivity index (χ3n) is 4.26. The minimum Gasteiger partial charge on any atom is -0.496 e. The first-order chi connectivity index (χ1) is 12.4. The fraction of sp³-hybridized carbons (Fsp3) is 0.200. The predicted octanol–water partition coefficient (Wildman–Crippen LogP) is 4.00. The van der Waals surface area contributed by atoms with Gasteiger partial charge in [-0.25, -0.2) is 4.79 Å². The Hall–Kier alpha value is -2.79. The summed E-state index contributed by atoms with van der Waals surface area (Å²) in [6.07, 6.45) is 0. The van der Waals surface area contributed by atoms with Gasteiger partial charge in [-0.3, -0.25) is 4.79 Å². The largest absolute Gasteiger partial charge is 0.496 e. The van der Waals surface area contributed by atoms with Gasteiger partial charge in [0.15, 0.2) is 0 Å². The fourth-order valence-electron chi connectivity index (χ4n) is 3.00. The zero-order chi connectivity index (χ0) is 18.8. The van der Waals surface area contributed by atoms with E-state index in [1.807, 2.05) is 13.8 Å². The lowest BCUT2D eigenvalue weighted by Gasteiger charge is -2.13. The number of fused-ring (bicyclic) bond motifs is 1. The van der Waals surface area contributed by atoms with E-state index in [0.29, 0.717) is 27.5 Å². The number of carbonyl (C=O) groups excluding carboxylic acids is 1. The lowest BCUT2D eigenvalue weighted by atomic mass is 10.0. The van der Waals surface area contributed by atoms with E-state index in [9.17, 15) is 9.59 Å². The normalized spacial score (nSPS) is 10.8. The molecule has 26 heavy (non-hydrogen) atoms. The molecule has 0 spiro atoms. The maximum Gasteiger partial charge on any atom is 0.336 e. The maximum absolute atomic E-state index is 12.5. The highest BCUT2D eigenvalue weighted by atomic mass is 35.5. The van der Waals surface area contributed by atoms with E-state index < -0.39 is 5.63 Å². The van der Waals surface area contributed by atoms with Crippen LogP contribution in [-0.2, 0) is 6.54 Å². The Kier molecular flexibility index (Phi) is 5.00. The first-order valence-corrected chi connectivity index (χ1v) is 8.43. The van der Waals surface area contributed by atoms with Crippen LogP contribution in [0, 0.1) is 13.8 Å². The summed E-state index contributed by atoms with van der Waals surface area (Å²) in [5, 5.41) is 4.18. The second-order valence-corrected chi connectivity index (χ2v) is 6.36. The van der Waals surface area contributed by atoms with E-state index in [0.717, 1.165) is 16.5 Å². The number of methoxy groups -OCH3 is 1. The van der Waals surface area contributed by atoms with Crippen molar-refractivity contribution in [3.63, 3.8) is 0 Å². The molecule has 0 radical (unpaired) electrons. The van der Waals surface area contributed by atoms with Crippen LogP contribution in [0.2, 0.25) is 5.02 Å². The third-order valence-corrected chi connectivity index (χ3v) is 4.84. The number of rotatable bonds is 4. The first-order valence-electron chi connectivity index (χ1n) is 8.06. The maximum atomic E-state index is 12.5. The number of aryl methyl sites for hydroxylation is 2. The van der Waals surface area contributed by atoms with E-state index in [2.05, 4.69) is 5.32 Å². The molecular formula is C20H18ClNO4. The van der Waals surface area contributed by atoms with E-state index in [1.54, 1.807) is 30.3 Å². The number of carbonyl (C=O) groups is 1. The second-order valence-electron chi connectivity index (χ2n) is 5.98. The molecule has 0 aliphatic heterocycles. The van der Waals surface area contributed by atoms with Crippen molar-refractivity contribution in [1.82, 2.24) is 5.32 Å². The fourth-order valence-corrected chi connectivity index (χ4v) is 3.15. The molecule has 1 N–H and O–H groups in total. The van der Waals surface area contributed by atoms with Crippen molar-refractivity contribution in [1.29, 1.82) is 0 Å². The molecule has 134 valence electrons. The predicted molar refractivity (Wildman–Crippen MR) is 101 cm³/mol. The monoisotopic (exact) mass is 371 g/mol. The summed E-state index contributed by atoms with van der Waals surface area (Å²) in [6.45, 7) is 3.88. The van der Waals surface area contributed by atoms with Gasteiger partial charge in [0.25, 0.3) is 5.91 Å². The van der Waals surface area contributed by atoms with Crippen LogP contribution in [0.1, 0.15) is 27.0 Å². The topological polar surface area (TPSA) is 68.5 Å². The number of hydrogen-bond donors (Lipinski definition) is 1. The molecule has 0 saturated carbocycles. The third kappa shape index (κ3) is 3.30. The van der Waals surface area contributed by atoms with Crippen LogP contribution in [0.5, 0.6) is 5.75 Å². The summed E-state index contributed by atoms with van der Waals surface area (Å²) >= 11 is 6.34. The van der Waals surface area contributed by atoms with Crippen molar-refractivity contribution >= 4 is 28.5 Å². The summed E-state index contributed by atoms with van der Waals surface area (Å²) in [6, 6.07) is 10.1. The SMILES string of the molecule is COc1ccccc1C(=O)NCc1cc(=O)oc2cc(C)c(Cl)c(C)c12. The number of amides is 1. The van der Waals surface area contributed by atoms with Crippen LogP contribution in [0.25, 0.3) is 11.0 Å². The van der Waals surface area contributed by atoms with Crippen molar-refractivity contribution in [2.75, 3.05) is 7.11 Å². The molecular weight excluding hydrogens is 354 g/mol. The molecule has 5 nitrogen and oxygen atoms in total. The van der Waals surface area contributed by atoms with Gasteiger partial charge < -0.3 is 14.5 Å². The van der Waals surface area contributed by atoms with Gasteiger partial charge in [-0.15, -0.1) is 0 Å². The summed E-state index contributed by atoms with van der Waals surface area (Å²) in [5.74, 6) is 0.192. The number of nitrogens with one attached hydrogen (secondary N) is 1. The van der Waals surface area contributed by atoms with Crippen molar-refractivity contribution < 1.29 is 13.9 Å². The van der Waals surface area contributed by atoms with Crippen LogP contribution in [0.15, 0.2) is 45.6 Å². The minimum atomic E-state index is -0.472. The Bertz CT molecular complexity index is 1060. The number of para-hydroxylation sites is 1. The Morgan fingerprint density at radius 1 is 1.23 bits per heavy atom. The van der Waals surface area contributed by atoms with E-state index in [-0.39, 0.29) is 12.5 Å². The molecule has 0 aliphatic rings. The molecule has 0 aliphatic carbocycles. The standard InChI is InChI=1S/C20H18ClNO4/c1-11-8-16-18(12(2)19(11)21)13(9-17(23)26-16)10-22-20(24)14-6-4-5-7-15(14)25-3/h4-9H,10H2,1-3H3,(H,22,24). The van der Waals surface area contributed by atoms with Gasteiger partial charge in [-0.05, 0) is 48.7 Å². The molecule has 0 atom stereocenters. The van der Waals surface area contributed by atoms with Crippen LogP contribution in [-0.4, -0.2) is 13.0 Å². The zero-order valence-corrected chi connectivity index (χ0v) is 15.4. The molecule has 6 heteroatoms. The van der Waals surface area contributed by atoms with Crippen molar-refractivity contribution in [2.24, 2.45) is 0 Å². The molecule has 0 saturated heterocycles. The second kappa shape index (κ2) is 7.22. The van der Waals surface area contributed by atoms with Crippen LogP contribution < -0.4 is 15.7 Å². The summed E-state index contributed by atoms with van der Waals surface area (Å²) in [4.78, 5) is 24.4. The molecule has 0 unspecified atom stereocenters. The highest BCUT2D eigenvalue weighted by Crippen LogP contribution is 2.30. The molecule has 1 amide bonds. The van der Waals surface area contributed by atoms with Crippen LogP contribution >= 0.6 is 11.6 Å². The summed E-state index contributed by atoms with van der Waals surface area (Å²) in [7, 11) is 1.51. The smallest absolute Gasteiger partial charge is 0.336 e. The highest BCUT2D eigenvalue weighted by molar-refractivity contribution is 6.33. The molecule has 0 fully saturated rings. The van der Waals surface area contributed by atoms with Gasteiger partial charge in [0.2, 0.25) is 0 Å². The lowest BCUT2D eigenvalue weighted by molar-refractivity contribution is 0.0948. The van der Waals surface area contributed by atoms with Gasteiger partial charge in [0, 0.05) is 23.0 Å². The van der Waals surface area contributed by atoms with E-state index in [4.69, 9.17) is 20.8 Å². The van der Waals surface area contributed by atoms with E-state index in [1.165, 1.54) is 13.2 Å². The molecule has 0 bridgehead atoms. The van der Waals surface area contributed by atoms with Gasteiger partial charge in [-0.2, -0.15) is 0 Å².